The largest absolute Gasteiger partial charge is 0.361 e. The molecule has 2 nitrogen and oxygen atoms in total. The van der Waals surface area contributed by atoms with E-state index in [1.807, 2.05) is 4.90 Å². The van der Waals surface area contributed by atoms with Crippen LogP contribution in [0.25, 0.3) is 0 Å². The maximum atomic E-state index is 14.2. The van der Waals surface area contributed by atoms with E-state index >= 15 is 0 Å². The lowest BCUT2D eigenvalue weighted by atomic mass is 9.97. The molecule has 0 aromatic heterocycles. The summed E-state index contributed by atoms with van der Waals surface area (Å²) in [6, 6.07) is 3.43. The molecule has 2 atom stereocenters. The van der Waals surface area contributed by atoms with Crippen molar-refractivity contribution in [2.75, 3.05) is 4.90 Å². The van der Waals surface area contributed by atoms with Crippen LogP contribution in [-0.2, 0) is 0 Å². The number of anilines is 1. The molecule has 0 saturated carbocycles. The molecular formula is C14H18F2N2. The smallest absolute Gasteiger partial charge is 0.152 e. The van der Waals surface area contributed by atoms with E-state index in [1.165, 1.54) is 12.1 Å². The third-order valence-corrected chi connectivity index (χ3v) is 4.29. The van der Waals surface area contributed by atoms with Gasteiger partial charge in [-0.3, -0.25) is 0 Å². The number of rotatable bonds is 1. The Hall–Kier alpha value is -1.16. The topological polar surface area (TPSA) is 29.3 Å². The van der Waals surface area contributed by atoms with Gasteiger partial charge in [-0.05, 0) is 44.2 Å². The molecule has 98 valence electrons. The molecule has 2 aliphatic rings. The van der Waals surface area contributed by atoms with Gasteiger partial charge in [0.2, 0.25) is 0 Å². The van der Waals surface area contributed by atoms with E-state index in [-0.39, 0.29) is 23.8 Å². The van der Waals surface area contributed by atoms with Crippen molar-refractivity contribution in [2.24, 2.45) is 5.73 Å². The SMILES string of the molecule is Cc1ccc(F)c(N2C3CCC2CC(N)C3)c1F. The molecule has 1 aromatic rings. The molecule has 2 N–H and O–H groups in total. The average molecular weight is 252 g/mol. The quantitative estimate of drug-likeness (QED) is 0.832. The van der Waals surface area contributed by atoms with Crippen LogP contribution in [0.2, 0.25) is 0 Å². The first-order chi connectivity index (χ1) is 8.58. The van der Waals surface area contributed by atoms with Crippen molar-refractivity contribution < 1.29 is 8.78 Å². The molecule has 2 aliphatic heterocycles. The second kappa shape index (κ2) is 4.19. The van der Waals surface area contributed by atoms with Gasteiger partial charge in [-0.1, -0.05) is 6.07 Å². The van der Waals surface area contributed by atoms with E-state index in [0.717, 1.165) is 25.7 Å². The van der Waals surface area contributed by atoms with Gasteiger partial charge in [0, 0.05) is 18.1 Å². The van der Waals surface area contributed by atoms with Gasteiger partial charge in [0.25, 0.3) is 0 Å². The number of nitrogens with zero attached hydrogens (tertiary/aromatic N) is 1. The van der Waals surface area contributed by atoms with Crippen LogP contribution in [-0.4, -0.2) is 18.1 Å². The molecule has 2 heterocycles. The summed E-state index contributed by atoms with van der Waals surface area (Å²) in [5.74, 6) is -0.868. The van der Waals surface area contributed by atoms with Crippen molar-refractivity contribution >= 4 is 5.69 Å². The number of hydrogen-bond acceptors (Lipinski definition) is 2. The van der Waals surface area contributed by atoms with Gasteiger partial charge in [-0.25, -0.2) is 8.78 Å². The fraction of sp³-hybridized carbons (Fsp3) is 0.571. The minimum absolute atomic E-state index is 0.161. The highest BCUT2D eigenvalue weighted by atomic mass is 19.1. The number of hydrogen-bond donors (Lipinski definition) is 1. The first kappa shape index (κ1) is 11.9. The normalized spacial score (nSPS) is 30.9. The molecule has 2 saturated heterocycles. The van der Waals surface area contributed by atoms with Gasteiger partial charge in [0.1, 0.15) is 11.5 Å². The highest BCUT2D eigenvalue weighted by molar-refractivity contribution is 5.55. The van der Waals surface area contributed by atoms with Crippen LogP contribution in [0.3, 0.4) is 0 Å². The van der Waals surface area contributed by atoms with E-state index in [1.54, 1.807) is 6.92 Å². The van der Waals surface area contributed by atoms with Crippen LogP contribution in [0.5, 0.6) is 0 Å². The number of aryl methyl sites for hydroxylation is 1. The standard InChI is InChI=1S/C14H18F2N2/c1-8-2-5-12(15)14(13(8)16)18-10-3-4-11(18)7-9(17)6-10/h2,5,9-11H,3-4,6-7,17H2,1H3. The Labute approximate surface area is 106 Å². The lowest BCUT2D eigenvalue weighted by molar-refractivity contribution is 0.403. The summed E-state index contributed by atoms with van der Waals surface area (Å²) in [4.78, 5) is 1.95. The molecule has 2 bridgehead atoms. The van der Waals surface area contributed by atoms with Gasteiger partial charge in [-0.2, -0.15) is 0 Å². The Morgan fingerprint density at radius 3 is 2.39 bits per heavy atom. The van der Waals surface area contributed by atoms with Crippen molar-refractivity contribution in [1.82, 2.24) is 0 Å². The molecule has 0 spiro atoms. The number of nitrogens with two attached hydrogens (primary N) is 1. The molecule has 3 rings (SSSR count). The van der Waals surface area contributed by atoms with E-state index in [2.05, 4.69) is 0 Å². The fourth-order valence-electron chi connectivity index (χ4n) is 3.46. The Kier molecular flexibility index (Phi) is 2.77. The molecule has 4 heteroatoms. The number of halogens is 2. The zero-order valence-electron chi connectivity index (χ0n) is 10.5. The third kappa shape index (κ3) is 1.70. The van der Waals surface area contributed by atoms with Crippen molar-refractivity contribution in [2.45, 2.75) is 50.7 Å². The molecule has 2 fully saturated rings. The minimum Gasteiger partial charge on any atom is -0.361 e. The molecule has 2 unspecified atom stereocenters. The maximum absolute atomic E-state index is 14.2. The van der Waals surface area contributed by atoms with Gasteiger partial charge >= 0.3 is 0 Å². The summed E-state index contributed by atoms with van der Waals surface area (Å²) < 4.78 is 28.2. The Morgan fingerprint density at radius 1 is 1.17 bits per heavy atom. The monoisotopic (exact) mass is 252 g/mol. The summed E-state index contributed by atoms with van der Waals surface area (Å²) in [6.07, 6.45) is 3.66. The lowest BCUT2D eigenvalue weighted by Gasteiger charge is -2.39. The second-order valence-electron chi connectivity index (χ2n) is 5.55. The number of fused-ring (bicyclic) bond motifs is 2. The number of benzene rings is 1. The average Bonchev–Trinajstić information content (AvgIpc) is 2.58. The minimum atomic E-state index is -0.453. The predicted octanol–water partition coefficient (Wildman–Crippen LogP) is 2.73. The lowest BCUT2D eigenvalue weighted by Crippen LogP contribution is -2.48. The summed E-state index contributed by atoms with van der Waals surface area (Å²) in [5.41, 5.74) is 6.65. The third-order valence-electron chi connectivity index (χ3n) is 4.29. The Bertz CT molecular complexity index is 461. The molecular weight excluding hydrogens is 234 g/mol. The number of piperidine rings is 1. The van der Waals surface area contributed by atoms with E-state index in [9.17, 15) is 8.78 Å². The summed E-state index contributed by atoms with van der Waals surface area (Å²) in [7, 11) is 0. The van der Waals surface area contributed by atoms with E-state index in [0.29, 0.717) is 5.56 Å². The summed E-state index contributed by atoms with van der Waals surface area (Å²) >= 11 is 0. The summed E-state index contributed by atoms with van der Waals surface area (Å²) in [5, 5.41) is 0. The Morgan fingerprint density at radius 2 is 1.78 bits per heavy atom. The van der Waals surface area contributed by atoms with Gasteiger partial charge in [0.15, 0.2) is 5.82 Å². The van der Waals surface area contributed by atoms with Crippen molar-refractivity contribution in [3.05, 3.63) is 29.3 Å². The Balaban J connectivity index is 2.04. The van der Waals surface area contributed by atoms with Gasteiger partial charge in [0.05, 0.1) is 0 Å². The fourth-order valence-corrected chi connectivity index (χ4v) is 3.46. The molecule has 1 aromatic carbocycles. The molecule has 0 amide bonds. The van der Waals surface area contributed by atoms with Crippen LogP contribution < -0.4 is 10.6 Å². The van der Waals surface area contributed by atoms with E-state index in [4.69, 9.17) is 5.73 Å². The molecule has 0 radical (unpaired) electrons. The van der Waals surface area contributed by atoms with Gasteiger partial charge < -0.3 is 10.6 Å². The maximum Gasteiger partial charge on any atom is 0.152 e. The van der Waals surface area contributed by atoms with Crippen molar-refractivity contribution in [3.63, 3.8) is 0 Å². The highest BCUT2D eigenvalue weighted by Crippen LogP contribution is 2.41. The van der Waals surface area contributed by atoms with Crippen molar-refractivity contribution in [3.8, 4) is 0 Å². The molecule has 18 heavy (non-hydrogen) atoms. The van der Waals surface area contributed by atoms with Crippen LogP contribution in [0, 0.1) is 18.6 Å². The van der Waals surface area contributed by atoms with Crippen LogP contribution in [0.1, 0.15) is 31.2 Å². The van der Waals surface area contributed by atoms with Crippen LogP contribution in [0.15, 0.2) is 12.1 Å². The zero-order valence-corrected chi connectivity index (χ0v) is 10.5. The zero-order chi connectivity index (χ0) is 12.9. The van der Waals surface area contributed by atoms with Crippen LogP contribution in [0.4, 0.5) is 14.5 Å². The second-order valence-corrected chi connectivity index (χ2v) is 5.55. The van der Waals surface area contributed by atoms with E-state index < -0.39 is 11.6 Å². The summed E-state index contributed by atoms with van der Waals surface area (Å²) in [6.45, 7) is 1.68. The first-order valence-corrected chi connectivity index (χ1v) is 6.56. The molecule has 0 aliphatic carbocycles. The van der Waals surface area contributed by atoms with Crippen molar-refractivity contribution in [1.29, 1.82) is 0 Å². The highest BCUT2D eigenvalue weighted by Gasteiger charge is 2.41. The van der Waals surface area contributed by atoms with Gasteiger partial charge in [-0.15, -0.1) is 0 Å². The van der Waals surface area contributed by atoms with Crippen LogP contribution >= 0.6 is 0 Å². The first-order valence-electron chi connectivity index (χ1n) is 6.56. The predicted molar refractivity (Wildman–Crippen MR) is 67.6 cm³/mol.